The Kier molecular flexibility index (Phi) is 9.20. The maximum absolute atomic E-state index is 13.4. The molecule has 1 unspecified atom stereocenters. The molecule has 0 aromatic heterocycles. The molecule has 1 atom stereocenters. The molecule has 0 aliphatic heterocycles. The van der Waals surface area contributed by atoms with Crippen molar-refractivity contribution < 1.29 is 18.0 Å². The Balaban J connectivity index is 2.21. The number of carbonyl (C=O) groups excluding carboxylic acids is 2. The van der Waals surface area contributed by atoms with Crippen LogP contribution < -0.4 is 4.72 Å². The lowest BCUT2D eigenvalue weighted by Gasteiger charge is -2.31. The van der Waals surface area contributed by atoms with Gasteiger partial charge in [-0.3, -0.25) is 9.59 Å². The Labute approximate surface area is 191 Å². The number of rotatable bonds is 10. The molecule has 0 bridgehead atoms. The van der Waals surface area contributed by atoms with Gasteiger partial charge in [-0.1, -0.05) is 74.5 Å². The third kappa shape index (κ3) is 7.96. The topological polar surface area (TPSA) is 83.5 Å². The van der Waals surface area contributed by atoms with Gasteiger partial charge in [0, 0.05) is 12.6 Å². The van der Waals surface area contributed by atoms with E-state index in [0.29, 0.717) is 12.1 Å². The largest absolute Gasteiger partial charge is 0.335 e. The summed E-state index contributed by atoms with van der Waals surface area (Å²) < 4.78 is 27.0. The van der Waals surface area contributed by atoms with E-state index in [1.54, 1.807) is 29.2 Å². The first-order valence-electron chi connectivity index (χ1n) is 10.7. The van der Waals surface area contributed by atoms with Gasteiger partial charge in [0.1, 0.15) is 5.92 Å². The summed E-state index contributed by atoms with van der Waals surface area (Å²) in [5, 5.41) is 0.946. The van der Waals surface area contributed by atoms with E-state index in [1.165, 1.54) is 6.08 Å². The normalized spacial score (nSPS) is 12.8. The van der Waals surface area contributed by atoms with E-state index in [-0.39, 0.29) is 24.3 Å². The smallest absolute Gasteiger partial charge is 0.257 e. The fourth-order valence-corrected chi connectivity index (χ4v) is 4.09. The number of carbonyl (C=O) groups is 2. The van der Waals surface area contributed by atoms with Gasteiger partial charge in [-0.25, -0.2) is 13.1 Å². The minimum Gasteiger partial charge on any atom is -0.335 e. The van der Waals surface area contributed by atoms with Gasteiger partial charge in [-0.2, -0.15) is 0 Å². The van der Waals surface area contributed by atoms with Crippen LogP contribution in [0.1, 0.15) is 45.2 Å². The minimum atomic E-state index is -4.05. The zero-order chi connectivity index (χ0) is 23.7. The Hall–Kier alpha value is -2.93. The monoisotopic (exact) mass is 456 g/mol. The van der Waals surface area contributed by atoms with E-state index in [2.05, 4.69) is 4.72 Å². The highest BCUT2D eigenvalue weighted by Crippen LogP contribution is 2.19. The van der Waals surface area contributed by atoms with Crippen LogP contribution in [0.3, 0.4) is 0 Å². The first-order valence-corrected chi connectivity index (χ1v) is 12.3. The first-order chi connectivity index (χ1) is 15.1. The van der Waals surface area contributed by atoms with E-state index in [9.17, 15) is 18.0 Å². The van der Waals surface area contributed by atoms with Gasteiger partial charge in [0.25, 0.3) is 10.0 Å². The fourth-order valence-electron chi connectivity index (χ4n) is 3.26. The molecule has 7 heteroatoms. The SMILES string of the molecule is CC(C)CC(C(=O)NS(=O)(=O)C=Cc1ccccc1)C(=O)N(Cc1ccccc1)C(C)C. The van der Waals surface area contributed by atoms with Crippen molar-refractivity contribution in [1.29, 1.82) is 0 Å². The van der Waals surface area contributed by atoms with Gasteiger partial charge < -0.3 is 4.90 Å². The highest BCUT2D eigenvalue weighted by molar-refractivity contribution is 7.93. The number of sulfonamides is 1. The van der Waals surface area contributed by atoms with Gasteiger partial charge in [0.15, 0.2) is 0 Å². The van der Waals surface area contributed by atoms with Crippen molar-refractivity contribution in [2.45, 2.75) is 46.7 Å². The predicted octanol–water partition coefficient (Wildman–Crippen LogP) is 4.20. The van der Waals surface area contributed by atoms with E-state index in [4.69, 9.17) is 0 Å². The second kappa shape index (κ2) is 11.6. The third-order valence-corrected chi connectivity index (χ3v) is 5.89. The van der Waals surface area contributed by atoms with Crippen LogP contribution in [-0.2, 0) is 26.2 Å². The zero-order valence-electron chi connectivity index (χ0n) is 19.1. The van der Waals surface area contributed by atoms with Gasteiger partial charge in [-0.05, 0) is 43.4 Å². The minimum absolute atomic E-state index is 0.0306. The van der Waals surface area contributed by atoms with E-state index in [1.807, 2.05) is 64.1 Å². The Morgan fingerprint density at radius 2 is 1.50 bits per heavy atom. The lowest BCUT2D eigenvalue weighted by Crippen LogP contribution is -2.47. The number of nitrogens with one attached hydrogen (secondary N) is 1. The Morgan fingerprint density at radius 1 is 0.938 bits per heavy atom. The molecule has 0 aliphatic rings. The molecule has 2 amide bonds. The molecule has 0 saturated heterocycles. The van der Waals surface area contributed by atoms with Gasteiger partial charge >= 0.3 is 0 Å². The maximum atomic E-state index is 13.4. The number of benzene rings is 2. The van der Waals surface area contributed by atoms with E-state index in [0.717, 1.165) is 11.0 Å². The highest BCUT2D eigenvalue weighted by Gasteiger charge is 2.34. The summed E-state index contributed by atoms with van der Waals surface area (Å²) in [6.07, 6.45) is 1.66. The van der Waals surface area contributed by atoms with Crippen LogP contribution in [0.25, 0.3) is 6.08 Å². The van der Waals surface area contributed by atoms with Crippen LogP contribution in [0.4, 0.5) is 0 Å². The molecule has 2 aromatic carbocycles. The molecule has 2 rings (SSSR count). The fraction of sp³-hybridized carbons (Fsp3) is 0.360. The summed E-state index contributed by atoms with van der Waals surface area (Å²) >= 11 is 0. The average molecular weight is 457 g/mol. The van der Waals surface area contributed by atoms with E-state index < -0.39 is 21.8 Å². The standard InChI is InChI=1S/C25H32N2O4S/c1-19(2)17-23(25(29)27(20(3)4)18-22-13-9-6-10-14-22)24(28)26-32(30,31)16-15-21-11-7-5-8-12-21/h5-16,19-20,23H,17-18H2,1-4H3,(H,26,28). The summed E-state index contributed by atoms with van der Waals surface area (Å²) in [7, 11) is -4.05. The molecular weight excluding hydrogens is 424 g/mol. The van der Waals surface area contributed by atoms with Crippen molar-refractivity contribution in [2.75, 3.05) is 0 Å². The van der Waals surface area contributed by atoms with Crippen molar-refractivity contribution in [3.63, 3.8) is 0 Å². The molecule has 0 spiro atoms. The molecule has 0 fully saturated rings. The number of hydrogen-bond acceptors (Lipinski definition) is 4. The second-order valence-corrected chi connectivity index (χ2v) is 10.0. The molecule has 0 radical (unpaired) electrons. The summed E-state index contributed by atoms with van der Waals surface area (Å²) in [5.74, 6) is -2.25. The number of nitrogens with zero attached hydrogens (tertiary/aromatic N) is 1. The first kappa shape index (κ1) is 25.3. The van der Waals surface area contributed by atoms with Crippen LogP contribution in [0.5, 0.6) is 0 Å². The average Bonchev–Trinajstić information content (AvgIpc) is 2.75. The highest BCUT2D eigenvalue weighted by atomic mass is 32.2. The van der Waals surface area contributed by atoms with Crippen molar-refractivity contribution in [2.24, 2.45) is 11.8 Å². The zero-order valence-corrected chi connectivity index (χ0v) is 19.9. The van der Waals surface area contributed by atoms with Crippen LogP contribution >= 0.6 is 0 Å². The van der Waals surface area contributed by atoms with Crippen LogP contribution in [-0.4, -0.2) is 31.2 Å². The second-order valence-electron chi connectivity index (χ2n) is 8.45. The lowest BCUT2D eigenvalue weighted by molar-refractivity contribution is -0.144. The van der Waals surface area contributed by atoms with Gasteiger partial charge in [0.2, 0.25) is 11.8 Å². The Morgan fingerprint density at radius 3 is 2.03 bits per heavy atom. The van der Waals surface area contributed by atoms with Crippen LogP contribution in [0.2, 0.25) is 0 Å². The quantitative estimate of drug-likeness (QED) is 0.543. The van der Waals surface area contributed by atoms with Crippen molar-refractivity contribution in [3.8, 4) is 0 Å². The molecule has 0 aliphatic carbocycles. The number of amides is 2. The molecule has 32 heavy (non-hydrogen) atoms. The van der Waals surface area contributed by atoms with Gasteiger partial charge in [0.05, 0.1) is 5.41 Å². The van der Waals surface area contributed by atoms with Crippen LogP contribution in [0, 0.1) is 11.8 Å². The number of hydrogen-bond donors (Lipinski definition) is 1. The third-order valence-electron chi connectivity index (χ3n) is 4.91. The molecule has 0 heterocycles. The predicted molar refractivity (Wildman–Crippen MR) is 128 cm³/mol. The maximum Gasteiger partial charge on any atom is 0.257 e. The van der Waals surface area contributed by atoms with Gasteiger partial charge in [-0.15, -0.1) is 0 Å². The molecular formula is C25H32N2O4S. The molecule has 2 aromatic rings. The Bertz CT molecular complexity index is 1020. The van der Waals surface area contributed by atoms with Crippen molar-refractivity contribution in [3.05, 3.63) is 77.2 Å². The summed E-state index contributed by atoms with van der Waals surface area (Å²) in [5.41, 5.74) is 1.63. The summed E-state index contributed by atoms with van der Waals surface area (Å²) in [6.45, 7) is 7.90. The van der Waals surface area contributed by atoms with Crippen LogP contribution in [0.15, 0.2) is 66.1 Å². The molecule has 0 saturated carbocycles. The summed E-state index contributed by atoms with van der Waals surface area (Å²) in [4.78, 5) is 28.0. The van der Waals surface area contributed by atoms with Crippen molar-refractivity contribution in [1.82, 2.24) is 9.62 Å². The summed E-state index contributed by atoms with van der Waals surface area (Å²) in [6, 6.07) is 18.3. The lowest BCUT2D eigenvalue weighted by atomic mass is 9.94. The van der Waals surface area contributed by atoms with E-state index >= 15 is 0 Å². The molecule has 6 nitrogen and oxygen atoms in total. The van der Waals surface area contributed by atoms with Crippen molar-refractivity contribution >= 4 is 27.9 Å². The molecule has 172 valence electrons. The molecule has 1 N–H and O–H groups in total.